The smallest absolute Gasteiger partial charge is 0.259 e. The van der Waals surface area contributed by atoms with E-state index in [4.69, 9.17) is 4.52 Å². The number of nitrogens with one attached hydrogen (secondary N) is 1. The average Bonchev–Trinajstić information content (AvgIpc) is 3.29. The molecule has 0 bridgehead atoms. The molecule has 1 saturated heterocycles. The minimum atomic E-state index is 0.511. The van der Waals surface area contributed by atoms with E-state index >= 15 is 0 Å². The zero-order valence-corrected chi connectivity index (χ0v) is 14.0. The first-order valence-corrected chi connectivity index (χ1v) is 9.19. The molecule has 3 aromatic rings. The Bertz CT molecular complexity index is 782. The largest absolute Gasteiger partial charge is 0.366 e. The van der Waals surface area contributed by atoms with Gasteiger partial charge in [-0.05, 0) is 29.9 Å². The molecular weight excluding hydrogens is 320 g/mol. The molecule has 3 heterocycles. The molecule has 1 aliphatic rings. The highest BCUT2D eigenvalue weighted by molar-refractivity contribution is 7.99. The van der Waals surface area contributed by atoms with Crippen LogP contribution in [0.15, 0.2) is 53.2 Å². The van der Waals surface area contributed by atoms with Gasteiger partial charge in [-0.15, -0.1) is 0 Å². The summed E-state index contributed by atoms with van der Waals surface area (Å²) in [6.07, 6.45) is 3.64. The van der Waals surface area contributed by atoms with E-state index in [0.29, 0.717) is 24.2 Å². The molecular formula is C18H18N4OS. The lowest BCUT2D eigenvalue weighted by Gasteiger charge is -2.11. The molecule has 1 aromatic carbocycles. The Balaban J connectivity index is 1.44. The van der Waals surface area contributed by atoms with E-state index in [1.165, 1.54) is 12.2 Å². The number of rotatable bonds is 5. The topological polar surface area (TPSA) is 63.8 Å². The van der Waals surface area contributed by atoms with Crippen LogP contribution >= 0.6 is 11.8 Å². The van der Waals surface area contributed by atoms with Gasteiger partial charge in [-0.3, -0.25) is 0 Å². The standard InChI is InChI=1S/C18H18N4OS/c1-2-4-13(5-3-1)10-17-21-18(23-22-17)14-6-7-16(19-11-14)20-15-8-9-24-12-15/h1-7,11,15H,8-10,12H2,(H,19,20). The molecule has 4 rings (SSSR count). The van der Waals surface area contributed by atoms with Gasteiger partial charge in [0, 0.05) is 24.4 Å². The molecule has 1 fully saturated rings. The number of nitrogens with zero attached hydrogens (tertiary/aromatic N) is 3. The summed E-state index contributed by atoms with van der Waals surface area (Å²) < 4.78 is 5.37. The van der Waals surface area contributed by atoms with Crippen LogP contribution in [0.1, 0.15) is 17.8 Å². The van der Waals surface area contributed by atoms with Crippen molar-refractivity contribution in [3.05, 3.63) is 60.0 Å². The molecule has 1 aliphatic heterocycles. The Kier molecular flexibility index (Phi) is 4.46. The minimum absolute atomic E-state index is 0.511. The van der Waals surface area contributed by atoms with E-state index < -0.39 is 0 Å². The summed E-state index contributed by atoms with van der Waals surface area (Å²) in [4.78, 5) is 8.93. The van der Waals surface area contributed by atoms with Crippen LogP contribution in [0.4, 0.5) is 5.82 Å². The van der Waals surface area contributed by atoms with Gasteiger partial charge < -0.3 is 9.84 Å². The second-order valence-corrected chi connectivity index (χ2v) is 6.96. The van der Waals surface area contributed by atoms with E-state index in [2.05, 4.69) is 32.6 Å². The van der Waals surface area contributed by atoms with Crippen molar-refractivity contribution in [3.8, 4) is 11.5 Å². The highest BCUT2D eigenvalue weighted by Gasteiger charge is 2.16. The molecule has 0 amide bonds. The maximum Gasteiger partial charge on any atom is 0.259 e. The van der Waals surface area contributed by atoms with E-state index in [-0.39, 0.29) is 0 Å². The summed E-state index contributed by atoms with van der Waals surface area (Å²) in [6.45, 7) is 0. The summed E-state index contributed by atoms with van der Waals surface area (Å²) in [6, 6.07) is 14.6. The zero-order valence-electron chi connectivity index (χ0n) is 13.2. The van der Waals surface area contributed by atoms with Crippen molar-refractivity contribution in [2.24, 2.45) is 0 Å². The Labute approximate surface area is 144 Å². The van der Waals surface area contributed by atoms with E-state index in [1.54, 1.807) is 6.20 Å². The fourth-order valence-electron chi connectivity index (χ4n) is 2.68. The number of hydrogen-bond donors (Lipinski definition) is 1. The Morgan fingerprint density at radius 1 is 1.17 bits per heavy atom. The maximum absolute atomic E-state index is 5.37. The summed E-state index contributed by atoms with van der Waals surface area (Å²) in [5.41, 5.74) is 2.00. The number of hydrogen-bond acceptors (Lipinski definition) is 6. The SMILES string of the molecule is c1ccc(Cc2noc(-c3ccc(NC4CCSC4)nc3)n2)cc1. The van der Waals surface area contributed by atoms with Crippen LogP contribution in [0.2, 0.25) is 0 Å². The van der Waals surface area contributed by atoms with Gasteiger partial charge in [0.15, 0.2) is 5.82 Å². The Hall–Kier alpha value is -2.34. The number of benzene rings is 1. The average molecular weight is 338 g/mol. The van der Waals surface area contributed by atoms with Gasteiger partial charge in [0.25, 0.3) is 5.89 Å². The van der Waals surface area contributed by atoms with Crippen molar-refractivity contribution in [2.75, 3.05) is 16.8 Å². The summed E-state index contributed by atoms with van der Waals surface area (Å²) >= 11 is 1.98. The van der Waals surface area contributed by atoms with E-state index in [1.807, 2.05) is 42.1 Å². The summed E-state index contributed by atoms with van der Waals surface area (Å²) in [5.74, 6) is 4.46. The third kappa shape index (κ3) is 3.59. The van der Waals surface area contributed by atoms with Crippen LogP contribution in [-0.4, -0.2) is 32.7 Å². The van der Waals surface area contributed by atoms with Crippen LogP contribution in [0.5, 0.6) is 0 Å². The first-order valence-electron chi connectivity index (χ1n) is 8.04. The van der Waals surface area contributed by atoms with Crippen molar-refractivity contribution in [1.82, 2.24) is 15.1 Å². The first-order chi connectivity index (χ1) is 11.9. The first kappa shape index (κ1) is 15.2. The van der Waals surface area contributed by atoms with Crippen molar-refractivity contribution in [3.63, 3.8) is 0 Å². The fourth-order valence-corrected chi connectivity index (χ4v) is 3.84. The number of pyridine rings is 1. The lowest BCUT2D eigenvalue weighted by molar-refractivity contribution is 0.424. The van der Waals surface area contributed by atoms with E-state index in [9.17, 15) is 0 Å². The molecule has 0 spiro atoms. The van der Waals surface area contributed by atoms with Crippen LogP contribution in [-0.2, 0) is 6.42 Å². The molecule has 1 atom stereocenters. The van der Waals surface area contributed by atoms with Crippen molar-refractivity contribution < 1.29 is 4.52 Å². The van der Waals surface area contributed by atoms with Crippen LogP contribution in [0.25, 0.3) is 11.5 Å². The highest BCUT2D eigenvalue weighted by atomic mass is 32.2. The van der Waals surface area contributed by atoms with Gasteiger partial charge in [0.1, 0.15) is 5.82 Å². The third-order valence-electron chi connectivity index (χ3n) is 3.97. The lowest BCUT2D eigenvalue weighted by atomic mass is 10.1. The minimum Gasteiger partial charge on any atom is -0.366 e. The van der Waals surface area contributed by atoms with Crippen LogP contribution in [0, 0.1) is 0 Å². The third-order valence-corrected chi connectivity index (χ3v) is 5.13. The molecule has 5 nitrogen and oxygen atoms in total. The quantitative estimate of drug-likeness (QED) is 0.766. The number of anilines is 1. The van der Waals surface area contributed by atoms with Gasteiger partial charge in [0.05, 0.1) is 5.56 Å². The van der Waals surface area contributed by atoms with Crippen molar-refractivity contribution >= 4 is 17.6 Å². The Morgan fingerprint density at radius 3 is 2.83 bits per heavy atom. The van der Waals surface area contributed by atoms with Crippen molar-refractivity contribution in [1.29, 1.82) is 0 Å². The van der Waals surface area contributed by atoms with Gasteiger partial charge in [-0.25, -0.2) is 4.98 Å². The monoisotopic (exact) mass is 338 g/mol. The van der Waals surface area contributed by atoms with Gasteiger partial charge >= 0.3 is 0 Å². The second kappa shape index (κ2) is 7.05. The number of thioether (sulfide) groups is 1. The molecule has 1 unspecified atom stereocenters. The van der Waals surface area contributed by atoms with Gasteiger partial charge in [-0.2, -0.15) is 16.7 Å². The predicted octanol–water partition coefficient (Wildman–Crippen LogP) is 3.64. The molecule has 0 aliphatic carbocycles. The van der Waals surface area contributed by atoms with Crippen molar-refractivity contribution in [2.45, 2.75) is 18.9 Å². The maximum atomic E-state index is 5.37. The lowest BCUT2D eigenvalue weighted by Crippen LogP contribution is -2.18. The van der Waals surface area contributed by atoms with Crippen LogP contribution < -0.4 is 5.32 Å². The zero-order chi connectivity index (χ0) is 16.2. The molecule has 6 heteroatoms. The summed E-state index contributed by atoms with van der Waals surface area (Å²) in [7, 11) is 0. The molecule has 24 heavy (non-hydrogen) atoms. The van der Waals surface area contributed by atoms with E-state index in [0.717, 1.165) is 22.7 Å². The molecule has 1 N–H and O–H groups in total. The van der Waals surface area contributed by atoms with Gasteiger partial charge in [0.2, 0.25) is 0 Å². The molecule has 0 saturated carbocycles. The summed E-state index contributed by atoms with van der Waals surface area (Å²) in [5, 5.41) is 7.52. The fraction of sp³-hybridized carbons (Fsp3) is 0.278. The predicted molar refractivity (Wildman–Crippen MR) is 96.1 cm³/mol. The Morgan fingerprint density at radius 2 is 2.08 bits per heavy atom. The number of aromatic nitrogens is 3. The normalized spacial score (nSPS) is 17.1. The van der Waals surface area contributed by atoms with Gasteiger partial charge in [-0.1, -0.05) is 35.5 Å². The highest BCUT2D eigenvalue weighted by Crippen LogP contribution is 2.22. The second-order valence-electron chi connectivity index (χ2n) is 5.82. The molecule has 2 aromatic heterocycles. The molecule has 0 radical (unpaired) electrons. The molecule has 122 valence electrons. The van der Waals surface area contributed by atoms with Crippen LogP contribution in [0.3, 0.4) is 0 Å².